The number of fused-ring (bicyclic) bond motifs is 3. The largest absolute Gasteiger partial charge is 0.486 e. The van der Waals surface area contributed by atoms with Gasteiger partial charge in [0.05, 0.1) is 12.2 Å². The Morgan fingerprint density at radius 2 is 1.81 bits per heavy atom. The summed E-state index contributed by atoms with van der Waals surface area (Å²) in [6.45, 7) is -1.26. The summed E-state index contributed by atoms with van der Waals surface area (Å²) in [4.78, 5) is 28.8. The summed E-state index contributed by atoms with van der Waals surface area (Å²) < 4.78 is 62.3. The van der Waals surface area contributed by atoms with Gasteiger partial charge in [0.1, 0.15) is 23.0 Å². The normalized spacial score (nSPS) is 21.5. The summed E-state index contributed by atoms with van der Waals surface area (Å²) in [5, 5.41) is 13.1. The van der Waals surface area contributed by atoms with Gasteiger partial charge in [-0.25, -0.2) is 9.37 Å². The summed E-state index contributed by atoms with van der Waals surface area (Å²) in [5.74, 6) is -2.17. The number of hydrogen-bond donors (Lipinski definition) is 3. The number of halogens is 4. The van der Waals surface area contributed by atoms with Crippen molar-refractivity contribution in [3.05, 3.63) is 83.3 Å². The molecule has 1 aliphatic carbocycles. The minimum absolute atomic E-state index is 0.0400. The number of ether oxygens (including phenoxy) is 1. The monoisotopic (exact) mass is 501 g/mol. The smallest absolute Gasteiger partial charge is 0.424 e. The van der Waals surface area contributed by atoms with Crippen molar-refractivity contribution in [1.82, 2.24) is 10.3 Å². The number of nitrogens with zero attached hydrogens (tertiary/aromatic N) is 1. The van der Waals surface area contributed by atoms with Crippen LogP contribution in [0.25, 0.3) is 11.3 Å². The number of nitrogens with two attached hydrogens (primary N) is 1. The van der Waals surface area contributed by atoms with E-state index in [1.54, 1.807) is 6.07 Å². The molecule has 11 heteroatoms. The number of rotatable bonds is 6. The Kier molecular flexibility index (Phi) is 5.29. The van der Waals surface area contributed by atoms with Crippen LogP contribution in [0.3, 0.4) is 0 Å². The number of hydrogen-bond acceptors (Lipinski definition) is 5. The third-order valence-electron chi connectivity index (χ3n) is 6.60. The van der Waals surface area contributed by atoms with Crippen LogP contribution in [0, 0.1) is 5.82 Å². The zero-order valence-electron chi connectivity index (χ0n) is 18.5. The molecule has 5 rings (SSSR count). The molecule has 0 saturated heterocycles. The topological polar surface area (TPSA) is 115 Å². The molecule has 0 spiro atoms. The molecule has 2 aromatic carbocycles. The van der Waals surface area contributed by atoms with Gasteiger partial charge in [-0.2, -0.15) is 13.2 Å². The second kappa shape index (κ2) is 8.02. The molecule has 2 unspecified atom stereocenters. The molecule has 4 N–H and O–H groups in total. The van der Waals surface area contributed by atoms with Crippen LogP contribution < -0.4 is 15.8 Å². The minimum atomic E-state index is -5.28. The third kappa shape index (κ3) is 3.58. The van der Waals surface area contributed by atoms with Crippen molar-refractivity contribution >= 4 is 11.8 Å². The maximum Gasteiger partial charge on any atom is 0.424 e. The highest BCUT2D eigenvalue weighted by Crippen LogP contribution is 2.61. The van der Waals surface area contributed by atoms with Gasteiger partial charge in [-0.05, 0) is 42.5 Å². The number of pyridine rings is 1. The molecule has 1 aromatic heterocycles. The van der Waals surface area contributed by atoms with E-state index in [0.29, 0.717) is 0 Å². The minimum Gasteiger partial charge on any atom is -0.486 e. The maximum absolute atomic E-state index is 14.3. The summed E-state index contributed by atoms with van der Waals surface area (Å²) in [7, 11) is 0. The molecule has 2 amide bonds. The van der Waals surface area contributed by atoms with Crippen LogP contribution in [0.5, 0.6) is 5.75 Å². The summed E-state index contributed by atoms with van der Waals surface area (Å²) in [6.07, 6.45) is -5.80. The van der Waals surface area contributed by atoms with Crippen molar-refractivity contribution in [1.29, 1.82) is 0 Å². The highest BCUT2D eigenvalue weighted by molar-refractivity contribution is 5.95. The lowest BCUT2D eigenvalue weighted by Crippen LogP contribution is -2.51. The first-order chi connectivity index (χ1) is 17.0. The third-order valence-corrected chi connectivity index (χ3v) is 6.60. The van der Waals surface area contributed by atoms with E-state index in [-0.39, 0.29) is 34.6 Å². The van der Waals surface area contributed by atoms with Crippen LogP contribution in [0.1, 0.15) is 28.0 Å². The van der Waals surface area contributed by atoms with Crippen LogP contribution >= 0.6 is 0 Å². The predicted octanol–water partition coefficient (Wildman–Crippen LogP) is 2.96. The van der Waals surface area contributed by atoms with Crippen molar-refractivity contribution in [2.75, 3.05) is 6.54 Å². The van der Waals surface area contributed by atoms with E-state index < -0.39 is 53.2 Å². The van der Waals surface area contributed by atoms with Crippen molar-refractivity contribution in [3.63, 3.8) is 0 Å². The second-order valence-corrected chi connectivity index (χ2v) is 8.79. The van der Waals surface area contributed by atoms with Gasteiger partial charge in [0, 0.05) is 23.1 Å². The molecule has 2 heterocycles. The first kappa shape index (κ1) is 23.7. The number of aromatic nitrogens is 1. The van der Waals surface area contributed by atoms with E-state index in [2.05, 4.69) is 10.3 Å². The zero-order valence-corrected chi connectivity index (χ0v) is 18.5. The number of alkyl halides is 3. The van der Waals surface area contributed by atoms with E-state index >= 15 is 0 Å². The standard InChI is InChI=1S/C25H19F4N3O4/c26-15-8-6-13(7-9-15)19-20-16(23(22(30)34)11-18(23)36-20)10-17(32-19)24(35,25(27,28)29)12-31-21(33)14-4-2-1-3-5-14/h1-10,18,35H,11-12H2,(H2,30,34)(H,31,33)/t18?,23-,24?/m1/s1. The highest BCUT2D eigenvalue weighted by atomic mass is 19.4. The Morgan fingerprint density at radius 3 is 2.42 bits per heavy atom. The van der Waals surface area contributed by atoms with E-state index in [0.717, 1.165) is 18.2 Å². The van der Waals surface area contributed by atoms with Crippen molar-refractivity contribution in [2.45, 2.75) is 29.7 Å². The molecule has 3 aromatic rings. The number of amides is 2. The van der Waals surface area contributed by atoms with Gasteiger partial charge in [0.2, 0.25) is 11.5 Å². The molecular formula is C25H19F4N3O4. The molecule has 1 saturated carbocycles. The van der Waals surface area contributed by atoms with E-state index in [4.69, 9.17) is 10.5 Å². The summed E-state index contributed by atoms with van der Waals surface area (Å²) in [5.41, 5.74) is -0.0440. The SMILES string of the molecule is NC(=O)[C@@]12CC1Oc1c2cc(C(O)(CNC(=O)c2ccccc2)C(F)(F)F)nc1-c1ccc(F)cc1. The number of aliphatic hydroxyl groups is 1. The lowest BCUT2D eigenvalue weighted by Gasteiger charge is -2.31. The van der Waals surface area contributed by atoms with E-state index in [1.165, 1.54) is 36.4 Å². The molecule has 3 atom stereocenters. The van der Waals surface area contributed by atoms with E-state index in [1.807, 2.05) is 0 Å². The Balaban J connectivity index is 1.63. The maximum atomic E-state index is 14.3. The molecule has 0 bridgehead atoms. The number of primary amides is 1. The lowest BCUT2D eigenvalue weighted by atomic mass is 9.89. The van der Waals surface area contributed by atoms with Gasteiger partial charge in [-0.15, -0.1) is 0 Å². The Morgan fingerprint density at radius 1 is 1.14 bits per heavy atom. The van der Waals surface area contributed by atoms with Crippen molar-refractivity contribution in [3.8, 4) is 17.0 Å². The fraction of sp³-hybridized carbons (Fsp3) is 0.240. The molecule has 2 aliphatic rings. The van der Waals surface area contributed by atoms with Gasteiger partial charge in [-0.1, -0.05) is 18.2 Å². The van der Waals surface area contributed by atoms with Crippen LogP contribution in [0.4, 0.5) is 17.6 Å². The summed E-state index contributed by atoms with van der Waals surface area (Å²) in [6, 6.07) is 13.2. The first-order valence-corrected chi connectivity index (χ1v) is 10.9. The average molecular weight is 501 g/mol. The summed E-state index contributed by atoms with van der Waals surface area (Å²) >= 11 is 0. The van der Waals surface area contributed by atoms with Gasteiger partial charge in [0.25, 0.3) is 5.91 Å². The zero-order chi connectivity index (χ0) is 25.9. The van der Waals surface area contributed by atoms with Crippen molar-refractivity contribution in [2.24, 2.45) is 5.73 Å². The van der Waals surface area contributed by atoms with E-state index in [9.17, 15) is 32.3 Å². The first-order valence-electron chi connectivity index (χ1n) is 10.9. The molecule has 186 valence electrons. The van der Waals surface area contributed by atoms with Gasteiger partial charge < -0.3 is 20.9 Å². The van der Waals surface area contributed by atoms with Crippen molar-refractivity contribution < 1.29 is 37.0 Å². The average Bonchev–Trinajstić information content (AvgIpc) is 3.49. The van der Waals surface area contributed by atoms with Crippen LogP contribution in [0.15, 0.2) is 60.7 Å². The predicted molar refractivity (Wildman–Crippen MR) is 118 cm³/mol. The number of benzene rings is 2. The number of carbonyl (C=O) groups is 2. The molecule has 1 aliphatic heterocycles. The Bertz CT molecular complexity index is 1360. The Labute approximate surface area is 201 Å². The number of carbonyl (C=O) groups excluding carboxylic acids is 2. The molecular weight excluding hydrogens is 482 g/mol. The van der Waals surface area contributed by atoms with Crippen LogP contribution in [0.2, 0.25) is 0 Å². The molecule has 1 fully saturated rings. The van der Waals surface area contributed by atoms with Gasteiger partial charge in [0.15, 0.2) is 5.75 Å². The molecule has 0 radical (unpaired) electrons. The molecule has 7 nitrogen and oxygen atoms in total. The second-order valence-electron chi connectivity index (χ2n) is 8.79. The lowest BCUT2D eigenvalue weighted by molar-refractivity contribution is -0.265. The Hall–Kier alpha value is -3.99. The number of nitrogens with one attached hydrogen (secondary N) is 1. The fourth-order valence-corrected chi connectivity index (χ4v) is 4.43. The fourth-order valence-electron chi connectivity index (χ4n) is 4.43. The highest BCUT2D eigenvalue weighted by Gasteiger charge is 2.69. The quantitative estimate of drug-likeness (QED) is 0.450. The van der Waals surface area contributed by atoms with Crippen LogP contribution in [-0.2, 0) is 15.8 Å². The van der Waals surface area contributed by atoms with Gasteiger partial charge in [-0.3, -0.25) is 9.59 Å². The van der Waals surface area contributed by atoms with Crippen LogP contribution in [-0.4, -0.2) is 40.7 Å². The van der Waals surface area contributed by atoms with Gasteiger partial charge >= 0.3 is 6.18 Å². The molecule has 36 heavy (non-hydrogen) atoms.